The minimum Gasteiger partial charge on any atom is -0.463 e. The number of ether oxygens (including phenoxy) is 2. The standard InChI is InChI=1S/C11H10Cl2N4O2/c1-2-3-18-10-15-9(13)16-11(17-10)19-8-4-7(12)5-14-6-8/h4-6H,2-3H2,1H3. The predicted octanol–water partition coefficient (Wildman–Crippen LogP) is 3.15. The SMILES string of the molecule is CCCOc1nc(Cl)nc(Oc2cncc(Cl)c2)n1. The van der Waals surface area contributed by atoms with E-state index >= 15 is 0 Å². The third kappa shape index (κ3) is 4.18. The van der Waals surface area contributed by atoms with Crippen LogP contribution in [0.15, 0.2) is 18.5 Å². The fourth-order valence-electron chi connectivity index (χ4n) is 1.17. The molecule has 0 bridgehead atoms. The number of pyridine rings is 1. The molecule has 0 unspecified atom stereocenters. The third-order valence-corrected chi connectivity index (χ3v) is 2.27. The summed E-state index contributed by atoms with van der Waals surface area (Å²) in [6, 6.07) is 1.72. The van der Waals surface area contributed by atoms with Gasteiger partial charge in [-0.05, 0) is 18.0 Å². The molecule has 100 valence electrons. The second-order valence-electron chi connectivity index (χ2n) is 3.46. The molecule has 0 N–H and O–H groups in total. The molecule has 8 heteroatoms. The van der Waals surface area contributed by atoms with Crippen LogP contribution >= 0.6 is 23.2 Å². The lowest BCUT2D eigenvalue weighted by molar-refractivity contribution is 0.284. The number of nitrogens with zero attached hydrogens (tertiary/aromatic N) is 4. The summed E-state index contributed by atoms with van der Waals surface area (Å²) in [5.41, 5.74) is 0. The molecule has 0 aliphatic carbocycles. The summed E-state index contributed by atoms with van der Waals surface area (Å²) in [4.78, 5) is 15.5. The highest BCUT2D eigenvalue weighted by Gasteiger charge is 2.08. The summed E-state index contributed by atoms with van der Waals surface area (Å²) in [5.74, 6) is 0.399. The third-order valence-electron chi connectivity index (χ3n) is 1.89. The summed E-state index contributed by atoms with van der Waals surface area (Å²) in [6.45, 7) is 2.45. The maximum atomic E-state index is 5.80. The van der Waals surface area contributed by atoms with E-state index < -0.39 is 0 Å². The lowest BCUT2D eigenvalue weighted by Gasteiger charge is -2.06. The molecule has 2 rings (SSSR count). The average Bonchev–Trinajstić information content (AvgIpc) is 2.35. The van der Waals surface area contributed by atoms with Crippen LogP contribution in [0, 0.1) is 0 Å². The molecule has 6 nitrogen and oxygen atoms in total. The zero-order chi connectivity index (χ0) is 13.7. The van der Waals surface area contributed by atoms with Crippen molar-refractivity contribution in [3.05, 3.63) is 28.8 Å². The van der Waals surface area contributed by atoms with Crippen molar-refractivity contribution in [2.75, 3.05) is 6.61 Å². The zero-order valence-electron chi connectivity index (χ0n) is 10.0. The highest BCUT2D eigenvalue weighted by molar-refractivity contribution is 6.30. The number of rotatable bonds is 5. The van der Waals surface area contributed by atoms with Crippen LogP contribution in [0.3, 0.4) is 0 Å². The van der Waals surface area contributed by atoms with Gasteiger partial charge in [0.1, 0.15) is 0 Å². The van der Waals surface area contributed by atoms with Crippen LogP contribution in [0.2, 0.25) is 10.3 Å². The molecule has 0 aromatic carbocycles. The molecular formula is C11H10Cl2N4O2. The molecule has 0 fully saturated rings. The smallest absolute Gasteiger partial charge is 0.329 e. The Hall–Kier alpha value is -1.66. The molecule has 0 atom stereocenters. The van der Waals surface area contributed by atoms with Gasteiger partial charge in [0, 0.05) is 12.3 Å². The number of halogens is 2. The monoisotopic (exact) mass is 300 g/mol. The van der Waals surface area contributed by atoms with Gasteiger partial charge in [0.2, 0.25) is 5.28 Å². The zero-order valence-corrected chi connectivity index (χ0v) is 11.5. The Morgan fingerprint density at radius 2 is 1.89 bits per heavy atom. The first-order chi connectivity index (χ1) is 9.17. The van der Waals surface area contributed by atoms with Crippen molar-refractivity contribution in [3.63, 3.8) is 0 Å². The normalized spacial score (nSPS) is 10.3. The topological polar surface area (TPSA) is 70.0 Å². The van der Waals surface area contributed by atoms with Gasteiger partial charge in [-0.25, -0.2) is 0 Å². The molecule has 2 aromatic heterocycles. The van der Waals surface area contributed by atoms with Crippen LogP contribution < -0.4 is 9.47 Å². The molecular weight excluding hydrogens is 291 g/mol. The minimum absolute atomic E-state index is 0.00825. The quantitative estimate of drug-likeness (QED) is 0.845. The lowest BCUT2D eigenvalue weighted by Crippen LogP contribution is -2.03. The van der Waals surface area contributed by atoms with Gasteiger partial charge in [-0.15, -0.1) is 4.98 Å². The van der Waals surface area contributed by atoms with E-state index in [-0.39, 0.29) is 17.3 Å². The maximum Gasteiger partial charge on any atom is 0.329 e. The first-order valence-corrected chi connectivity index (χ1v) is 6.25. The van der Waals surface area contributed by atoms with Gasteiger partial charge in [-0.1, -0.05) is 18.5 Å². The molecule has 0 radical (unpaired) electrons. The van der Waals surface area contributed by atoms with Crippen LogP contribution in [0.4, 0.5) is 0 Å². The van der Waals surface area contributed by atoms with Crippen molar-refractivity contribution in [1.82, 2.24) is 19.9 Å². The molecule has 0 amide bonds. The Kier molecular flexibility index (Phi) is 4.70. The first kappa shape index (κ1) is 13.8. The highest BCUT2D eigenvalue weighted by Crippen LogP contribution is 2.22. The fraction of sp³-hybridized carbons (Fsp3) is 0.273. The average molecular weight is 301 g/mol. The second-order valence-corrected chi connectivity index (χ2v) is 4.23. The van der Waals surface area contributed by atoms with Crippen molar-refractivity contribution in [2.24, 2.45) is 0 Å². The Balaban J connectivity index is 2.17. The van der Waals surface area contributed by atoms with Gasteiger partial charge >= 0.3 is 12.0 Å². The Morgan fingerprint density at radius 3 is 2.63 bits per heavy atom. The molecule has 0 aliphatic heterocycles. The Bertz CT molecular complexity index is 568. The molecule has 0 saturated carbocycles. The van der Waals surface area contributed by atoms with Gasteiger partial charge in [0.05, 0.1) is 17.8 Å². The van der Waals surface area contributed by atoms with E-state index in [9.17, 15) is 0 Å². The summed E-state index contributed by atoms with van der Waals surface area (Å²) < 4.78 is 10.7. The molecule has 0 saturated heterocycles. The van der Waals surface area contributed by atoms with Crippen molar-refractivity contribution < 1.29 is 9.47 Å². The van der Waals surface area contributed by atoms with Crippen LogP contribution in [0.25, 0.3) is 0 Å². The van der Waals surface area contributed by atoms with Gasteiger partial charge in [0.25, 0.3) is 0 Å². The molecule has 19 heavy (non-hydrogen) atoms. The summed E-state index contributed by atoms with van der Waals surface area (Å²) in [7, 11) is 0. The van der Waals surface area contributed by atoms with Crippen molar-refractivity contribution >= 4 is 23.2 Å². The van der Waals surface area contributed by atoms with Gasteiger partial charge < -0.3 is 9.47 Å². The summed E-state index contributed by atoms with van der Waals surface area (Å²) in [6.07, 6.45) is 3.80. The van der Waals surface area contributed by atoms with E-state index in [1.807, 2.05) is 6.92 Å². The number of hydrogen-bond acceptors (Lipinski definition) is 6. The highest BCUT2D eigenvalue weighted by atomic mass is 35.5. The van der Waals surface area contributed by atoms with E-state index in [1.165, 1.54) is 12.4 Å². The van der Waals surface area contributed by atoms with Crippen molar-refractivity contribution in [3.8, 4) is 17.8 Å². The second kappa shape index (κ2) is 6.49. The first-order valence-electron chi connectivity index (χ1n) is 5.50. The van der Waals surface area contributed by atoms with E-state index in [0.717, 1.165) is 6.42 Å². The fourth-order valence-corrected chi connectivity index (χ4v) is 1.48. The lowest BCUT2D eigenvalue weighted by atomic mass is 10.5. The van der Waals surface area contributed by atoms with Crippen molar-refractivity contribution in [2.45, 2.75) is 13.3 Å². The molecule has 0 aliphatic rings. The van der Waals surface area contributed by atoms with Gasteiger partial charge in [0.15, 0.2) is 5.75 Å². The van der Waals surface area contributed by atoms with Crippen molar-refractivity contribution in [1.29, 1.82) is 0 Å². The van der Waals surface area contributed by atoms with Crippen LogP contribution in [0.1, 0.15) is 13.3 Å². The number of aromatic nitrogens is 4. The Morgan fingerprint density at radius 1 is 1.11 bits per heavy atom. The summed E-state index contributed by atoms with van der Waals surface area (Å²) >= 11 is 11.6. The Labute approximate surface area is 119 Å². The van der Waals surface area contributed by atoms with E-state index in [1.54, 1.807) is 6.07 Å². The largest absolute Gasteiger partial charge is 0.463 e. The maximum absolute atomic E-state index is 5.80. The molecule has 0 spiro atoms. The van der Waals surface area contributed by atoms with E-state index in [4.69, 9.17) is 32.7 Å². The van der Waals surface area contributed by atoms with E-state index in [0.29, 0.717) is 17.4 Å². The van der Waals surface area contributed by atoms with Crippen LogP contribution in [0.5, 0.6) is 17.8 Å². The minimum atomic E-state index is -0.00825. The van der Waals surface area contributed by atoms with Crippen LogP contribution in [-0.4, -0.2) is 26.5 Å². The van der Waals surface area contributed by atoms with Gasteiger partial charge in [-0.2, -0.15) is 9.97 Å². The number of hydrogen-bond donors (Lipinski definition) is 0. The predicted molar refractivity (Wildman–Crippen MR) is 69.9 cm³/mol. The van der Waals surface area contributed by atoms with Crippen LogP contribution in [-0.2, 0) is 0 Å². The summed E-state index contributed by atoms with van der Waals surface area (Å²) in [5, 5.41) is 0.436. The molecule has 2 aromatic rings. The molecule has 2 heterocycles. The van der Waals surface area contributed by atoms with E-state index in [2.05, 4.69) is 19.9 Å². The van der Waals surface area contributed by atoms with Gasteiger partial charge in [-0.3, -0.25) is 4.98 Å².